The Morgan fingerprint density at radius 2 is 2.09 bits per heavy atom. The van der Waals surface area contributed by atoms with E-state index in [2.05, 4.69) is 4.98 Å². The van der Waals surface area contributed by atoms with Crippen LogP contribution in [-0.2, 0) is 19.1 Å². The van der Waals surface area contributed by atoms with Crippen LogP contribution in [0.1, 0.15) is 50.8 Å². The predicted molar refractivity (Wildman–Crippen MR) is 82.1 cm³/mol. The maximum absolute atomic E-state index is 12.0. The fourth-order valence-corrected chi connectivity index (χ4v) is 2.54. The zero-order valence-electron chi connectivity index (χ0n) is 13.4. The van der Waals surface area contributed by atoms with Crippen molar-refractivity contribution < 1.29 is 19.1 Å². The van der Waals surface area contributed by atoms with E-state index in [1.165, 1.54) is 13.2 Å². The van der Waals surface area contributed by atoms with Crippen molar-refractivity contribution in [2.75, 3.05) is 7.11 Å². The molecule has 0 bridgehead atoms. The lowest BCUT2D eigenvalue weighted by atomic mass is 9.82. The Hall–Kier alpha value is -2.17. The molecule has 118 valence electrons. The topological polar surface area (TPSA) is 65.5 Å². The minimum atomic E-state index is -0.537. The zero-order chi connectivity index (χ0) is 16.3. The number of rotatable bonds is 2. The third-order valence-electron chi connectivity index (χ3n) is 3.41. The summed E-state index contributed by atoms with van der Waals surface area (Å²) in [6, 6.07) is 3.64. The van der Waals surface area contributed by atoms with E-state index in [1.54, 1.807) is 12.3 Å². The molecule has 0 amide bonds. The summed E-state index contributed by atoms with van der Waals surface area (Å²) >= 11 is 0. The molecule has 2 rings (SSSR count). The van der Waals surface area contributed by atoms with Crippen LogP contribution in [0.25, 0.3) is 5.57 Å². The van der Waals surface area contributed by atoms with Gasteiger partial charge >= 0.3 is 11.9 Å². The van der Waals surface area contributed by atoms with Gasteiger partial charge in [0.2, 0.25) is 0 Å². The van der Waals surface area contributed by atoms with Gasteiger partial charge < -0.3 is 9.47 Å². The molecule has 0 saturated heterocycles. The summed E-state index contributed by atoms with van der Waals surface area (Å²) in [5, 5.41) is 0. The highest BCUT2D eigenvalue weighted by Gasteiger charge is 2.30. The number of carbonyl (C=O) groups is 2. The first-order valence-corrected chi connectivity index (χ1v) is 7.28. The highest BCUT2D eigenvalue weighted by molar-refractivity contribution is 5.93. The second-order valence-electron chi connectivity index (χ2n) is 6.26. The first-order valence-electron chi connectivity index (χ1n) is 7.28. The van der Waals surface area contributed by atoms with E-state index in [9.17, 15) is 9.59 Å². The van der Waals surface area contributed by atoms with Crippen LogP contribution in [0.4, 0.5) is 0 Å². The van der Waals surface area contributed by atoms with Crippen LogP contribution in [0, 0.1) is 0 Å². The monoisotopic (exact) mass is 303 g/mol. The molecule has 0 aromatic carbocycles. The van der Waals surface area contributed by atoms with Gasteiger partial charge in [0, 0.05) is 12.3 Å². The first-order chi connectivity index (χ1) is 10.3. The number of hydrogen-bond donors (Lipinski definition) is 0. The first kappa shape index (κ1) is 16.2. The van der Waals surface area contributed by atoms with Crippen LogP contribution in [0.3, 0.4) is 0 Å². The number of allylic oxidation sites excluding steroid dienone is 1. The maximum Gasteiger partial charge on any atom is 0.331 e. The van der Waals surface area contributed by atoms with E-state index in [0.29, 0.717) is 18.5 Å². The van der Waals surface area contributed by atoms with Gasteiger partial charge in [-0.1, -0.05) is 6.07 Å². The van der Waals surface area contributed by atoms with Gasteiger partial charge in [0.05, 0.1) is 18.7 Å². The van der Waals surface area contributed by atoms with Crippen molar-refractivity contribution in [2.45, 2.75) is 45.1 Å². The molecule has 1 heterocycles. The number of nitrogens with zero attached hydrogens (tertiary/aromatic N) is 1. The van der Waals surface area contributed by atoms with Crippen molar-refractivity contribution in [3.8, 4) is 0 Å². The Kier molecular flexibility index (Phi) is 4.64. The van der Waals surface area contributed by atoms with Gasteiger partial charge in [0.25, 0.3) is 0 Å². The van der Waals surface area contributed by atoms with Crippen molar-refractivity contribution in [1.82, 2.24) is 4.98 Å². The fourth-order valence-electron chi connectivity index (χ4n) is 2.54. The summed E-state index contributed by atoms with van der Waals surface area (Å²) in [5.41, 5.74) is 1.74. The molecule has 0 saturated carbocycles. The lowest BCUT2D eigenvalue weighted by Crippen LogP contribution is -2.24. The van der Waals surface area contributed by atoms with E-state index in [-0.39, 0.29) is 11.9 Å². The Morgan fingerprint density at radius 3 is 2.73 bits per heavy atom. The normalized spacial score (nSPS) is 19.5. The van der Waals surface area contributed by atoms with Crippen molar-refractivity contribution >= 4 is 17.5 Å². The Labute approximate surface area is 130 Å². The summed E-state index contributed by atoms with van der Waals surface area (Å²) in [6.45, 7) is 5.47. The van der Waals surface area contributed by atoms with Gasteiger partial charge in [0.15, 0.2) is 0 Å². The third-order valence-corrected chi connectivity index (χ3v) is 3.41. The van der Waals surface area contributed by atoms with Gasteiger partial charge in [-0.15, -0.1) is 0 Å². The number of esters is 2. The SMILES string of the molecule is COC(=O)C1CCC(=CC(=O)OC(C)(C)C)c2ncccc21. The summed E-state index contributed by atoms with van der Waals surface area (Å²) in [6.07, 6.45) is 4.31. The molecule has 1 atom stereocenters. The molecular formula is C17H21NO4. The molecule has 0 fully saturated rings. The number of ether oxygens (including phenoxy) is 2. The number of fused-ring (bicyclic) bond motifs is 1. The quantitative estimate of drug-likeness (QED) is 0.621. The summed E-state index contributed by atoms with van der Waals surface area (Å²) in [4.78, 5) is 28.2. The smallest absolute Gasteiger partial charge is 0.331 e. The molecule has 0 N–H and O–H groups in total. The molecule has 1 unspecified atom stereocenters. The van der Waals surface area contributed by atoms with Crippen LogP contribution in [-0.4, -0.2) is 29.6 Å². The second-order valence-corrected chi connectivity index (χ2v) is 6.26. The fraction of sp³-hybridized carbons (Fsp3) is 0.471. The zero-order valence-corrected chi connectivity index (χ0v) is 13.4. The maximum atomic E-state index is 12.0. The van der Waals surface area contributed by atoms with Crippen LogP contribution < -0.4 is 0 Å². The molecule has 1 aliphatic rings. The molecule has 1 aliphatic carbocycles. The molecule has 5 heteroatoms. The average Bonchev–Trinajstić information content (AvgIpc) is 2.45. The standard InChI is InChI=1S/C17H21NO4/c1-17(2,3)22-14(19)10-11-7-8-13(16(20)21-4)12-6-5-9-18-15(11)12/h5-6,9-10,13H,7-8H2,1-4H3. The largest absolute Gasteiger partial charge is 0.469 e. The molecule has 22 heavy (non-hydrogen) atoms. The minimum Gasteiger partial charge on any atom is -0.469 e. The molecule has 1 aromatic rings. The molecule has 1 aromatic heterocycles. The van der Waals surface area contributed by atoms with E-state index in [1.807, 2.05) is 26.8 Å². The predicted octanol–water partition coefficient (Wildman–Crippen LogP) is 2.86. The average molecular weight is 303 g/mol. The van der Waals surface area contributed by atoms with Crippen LogP contribution in [0.2, 0.25) is 0 Å². The summed E-state index contributed by atoms with van der Waals surface area (Å²) in [5.74, 6) is -0.995. The molecule has 0 radical (unpaired) electrons. The van der Waals surface area contributed by atoms with Crippen LogP contribution in [0.5, 0.6) is 0 Å². The van der Waals surface area contributed by atoms with Crippen molar-refractivity contribution in [3.05, 3.63) is 35.7 Å². The number of carbonyl (C=O) groups excluding carboxylic acids is 2. The second kappa shape index (κ2) is 6.30. The minimum absolute atomic E-state index is 0.273. The van der Waals surface area contributed by atoms with Crippen molar-refractivity contribution in [1.29, 1.82) is 0 Å². The molecule has 5 nitrogen and oxygen atoms in total. The van der Waals surface area contributed by atoms with Crippen molar-refractivity contribution in [2.24, 2.45) is 0 Å². The van der Waals surface area contributed by atoms with Crippen LogP contribution in [0.15, 0.2) is 24.4 Å². The summed E-state index contributed by atoms with van der Waals surface area (Å²) < 4.78 is 10.2. The lowest BCUT2D eigenvalue weighted by molar-refractivity contribution is -0.148. The number of methoxy groups -OCH3 is 1. The number of hydrogen-bond acceptors (Lipinski definition) is 5. The van der Waals surface area contributed by atoms with E-state index in [0.717, 1.165) is 11.1 Å². The summed E-state index contributed by atoms with van der Waals surface area (Å²) in [7, 11) is 1.38. The third kappa shape index (κ3) is 3.72. The number of aromatic nitrogens is 1. The lowest BCUT2D eigenvalue weighted by Gasteiger charge is -2.25. The van der Waals surface area contributed by atoms with E-state index >= 15 is 0 Å². The highest BCUT2D eigenvalue weighted by Crippen LogP contribution is 2.37. The van der Waals surface area contributed by atoms with Gasteiger partial charge in [-0.3, -0.25) is 9.78 Å². The van der Waals surface area contributed by atoms with Gasteiger partial charge in [0.1, 0.15) is 5.60 Å². The molecule has 0 aliphatic heterocycles. The van der Waals surface area contributed by atoms with Crippen LogP contribution >= 0.6 is 0 Å². The Bertz CT molecular complexity index is 613. The Balaban J connectivity index is 2.32. The highest BCUT2D eigenvalue weighted by atomic mass is 16.6. The van der Waals surface area contributed by atoms with Crippen molar-refractivity contribution in [3.63, 3.8) is 0 Å². The van der Waals surface area contributed by atoms with E-state index < -0.39 is 11.6 Å². The van der Waals surface area contributed by atoms with Gasteiger partial charge in [-0.2, -0.15) is 0 Å². The van der Waals surface area contributed by atoms with Gasteiger partial charge in [-0.25, -0.2) is 4.79 Å². The Morgan fingerprint density at radius 1 is 1.36 bits per heavy atom. The van der Waals surface area contributed by atoms with E-state index in [4.69, 9.17) is 9.47 Å². The van der Waals surface area contributed by atoms with Gasteiger partial charge in [-0.05, 0) is 50.8 Å². The number of pyridine rings is 1. The molecule has 0 spiro atoms. The molecular weight excluding hydrogens is 282 g/mol.